The third kappa shape index (κ3) is 8.64. The Hall–Kier alpha value is -0.414. The van der Waals surface area contributed by atoms with Crippen LogP contribution in [0, 0.1) is 0 Å². The van der Waals surface area contributed by atoms with Crippen molar-refractivity contribution in [1.82, 2.24) is 0 Å². The van der Waals surface area contributed by atoms with Crippen LogP contribution in [0.2, 0.25) is 0 Å². The SMILES string of the molecule is CCCCCCCCc1ccc(Oc2ccc(S(=O)(=O)O)cc2)cc1[O-].[K+]. The zero-order valence-electron chi connectivity index (χ0n) is 16.0. The van der Waals surface area contributed by atoms with Crippen LogP contribution in [-0.2, 0) is 16.5 Å². The maximum Gasteiger partial charge on any atom is 1.00 e. The van der Waals surface area contributed by atoms with E-state index >= 15 is 0 Å². The predicted octanol–water partition coefficient (Wildman–Crippen LogP) is 1.71. The summed E-state index contributed by atoms with van der Waals surface area (Å²) in [6.07, 6.45) is 7.88. The minimum absolute atomic E-state index is 0. The fourth-order valence-electron chi connectivity index (χ4n) is 2.72. The second kappa shape index (κ2) is 12.2. The van der Waals surface area contributed by atoms with Crippen LogP contribution in [0.4, 0.5) is 0 Å². The summed E-state index contributed by atoms with van der Waals surface area (Å²) in [4.78, 5) is -0.205. The number of hydrogen-bond donors (Lipinski definition) is 1. The van der Waals surface area contributed by atoms with Crippen molar-refractivity contribution in [2.75, 3.05) is 0 Å². The van der Waals surface area contributed by atoms with E-state index in [9.17, 15) is 13.5 Å². The topological polar surface area (TPSA) is 86.7 Å². The first kappa shape index (κ1) is 24.6. The molecule has 0 radical (unpaired) electrons. The first-order valence-electron chi connectivity index (χ1n) is 8.95. The van der Waals surface area contributed by atoms with Crippen LogP contribution in [0.3, 0.4) is 0 Å². The zero-order valence-corrected chi connectivity index (χ0v) is 19.9. The van der Waals surface area contributed by atoms with E-state index in [1.54, 1.807) is 12.1 Å². The molecule has 0 fully saturated rings. The summed E-state index contributed by atoms with van der Waals surface area (Å²) in [5, 5.41) is 12.2. The zero-order chi connectivity index (χ0) is 19.0. The van der Waals surface area contributed by atoms with Crippen molar-refractivity contribution in [3.63, 3.8) is 0 Å². The van der Waals surface area contributed by atoms with Gasteiger partial charge in [0.2, 0.25) is 0 Å². The van der Waals surface area contributed by atoms with Crippen LogP contribution in [0.15, 0.2) is 47.4 Å². The summed E-state index contributed by atoms with van der Waals surface area (Å²) in [6, 6.07) is 10.3. The van der Waals surface area contributed by atoms with E-state index in [0.29, 0.717) is 11.5 Å². The Bertz CT molecular complexity index is 804. The minimum atomic E-state index is -4.23. The molecular weight excluding hydrogens is 391 g/mol. The van der Waals surface area contributed by atoms with Crippen molar-refractivity contribution in [3.8, 4) is 17.2 Å². The first-order chi connectivity index (χ1) is 12.4. The maximum atomic E-state index is 12.2. The van der Waals surface area contributed by atoms with Gasteiger partial charge in [0.1, 0.15) is 11.5 Å². The molecule has 0 saturated heterocycles. The summed E-state index contributed by atoms with van der Waals surface area (Å²) >= 11 is 0. The van der Waals surface area contributed by atoms with Gasteiger partial charge in [-0.3, -0.25) is 4.55 Å². The van der Waals surface area contributed by atoms with E-state index in [0.717, 1.165) is 24.8 Å². The first-order valence-corrected chi connectivity index (χ1v) is 10.4. The van der Waals surface area contributed by atoms with E-state index in [4.69, 9.17) is 9.29 Å². The van der Waals surface area contributed by atoms with Crippen LogP contribution in [0.5, 0.6) is 17.2 Å². The molecule has 0 bridgehead atoms. The molecule has 27 heavy (non-hydrogen) atoms. The quantitative estimate of drug-likeness (QED) is 0.362. The van der Waals surface area contributed by atoms with Gasteiger partial charge in [-0.1, -0.05) is 50.7 Å². The Morgan fingerprint density at radius 1 is 0.926 bits per heavy atom. The fourth-order valence-corrected chi connectivity index (χ4v) is 3.20. The molecule has 2 rings (SSSR count). The largest absolute Gasteiger partial charge is 1.00 e. The predicted molar refractivity (Wildman–Crippen MR) is 99.3 cm³/mol. The van der Waals surface area contributed by atoms with Crippen molar-refractivity contribution in [2.45, 2.75) is 56.8 Å². The van der Waals surface area contributed by atoms with Gasteiger partial charge in [-0.15, -0.1) is 5.75 Å². The maximum absolute atomic E-state index is 12.2. The monoisotopic (exact) mass is 416 g/mol. The number of ether oxygens (including phenoxy) is 1. The minimum Gasteiger partial charge on any atom is -0.872 e. The van der Waals surface area contributed by atoms with Gasteiger partial charge in [-0.2, -0.15) is 8.42 Å². The number of aryl methyl sites for hydroxylation is 1. The van der Waals surface area contributed by atoms with Crippen molar-refractivity contribution in [1.29, 1.82) is 0 Å². The van der Waals surface area contributed by atoms with Gasteiger partial charge in [-0.05, 0) is 49.2 Å². The molecule has 2 aromatic carbocycles. The van der Waals surface area contributed by atoms with E-state index < -0.39 is 10.1 Å². The molecule has 0 amide bonds. The summed E-state index contributed by atoms with van der Waals surface area (Å²) in [6.45, 7) is 2.19. The standard InChI is InChI=1S/C20H26O5S.K/c1-2-3-4-5-6-7-8-16-9-10-18(15-20(16)21)25-17-11-13-19(14-12-17)26(22,23)24;/h9-15,21H,2-8H2,1H3,(H,22,23,24);/q;+1/p-1. The fraction of sp³-hybridized carbons (Fsp3) is 0.400. The number of unbranched alkanes of at least 4 members (excludes halogenated alkanes) is 5. The molecule has 0 aliphatic heterocycles. The van der Waals surface area contributed by atoms with Gasteiger partial charge < -0.3 is 9.84 Å². The van der Waals surface area contributed by atoms with Gasteiger partial charge >= 0.3 is 51.4 Å². The van der Waals surface area contributed by atoms with Crippen molar-refractivity contribution in [3.05, 3.63) is 48.0 Å². The van der Waals surface area contributed by atoms with Gasteiger partial charge in [0.15, 0.2) is 0 Å². The average Bonchev–Trinajstić information content (AvgIpc) is 2.59. The Morgan fingerprint density at radius 2 is 1.52 bits per heavy atom. The molecule has 2 aromatic rings. The molecule has 0 atom stereocenters. The molecule has 0 heterocycles. The third-order valence-electron chi connectivity index (χ3n) is 4.20. The van der Waals surface area contributed by atoms with Gasteiger partial charge in [0.25, 0.3) is 10.1 Å². The Labute approximate surface area is 204 Å². The Morgan fingerprint density at radius 3 is 2.11 bits per heavy atom. The molecule has 0 aliphatic carbocycles. The molecule has 5 nitrogen and oxygen atoms in total. The summed E-state index contributed by atoms with van der Waals surface area (Å²) in [7, 11) is -4.23. The van der Waals surface area contributed by atoms with Crippen LogP contribution in [0.25, 0.3) is 0 Å². The molecule has 0 aromatic heterocycles. The summed E-state index contributed by atoms with van der Waals surface area (Å²) < 4.78 is 36.6. The van der Waals surface area contributed by atoms with Crippen LogP contribution in [0.1, 0.15) is 51.0 Å². The van der Waals surface area contributed by atoms with E-state index in [-0.39, 0.29) is 62.0 Å². The summed E-state index contributed by atoms with van der Waals surface area (Å²) in [5.41, 5.74) is 0.787. The van der Waals surface area contributed by atoms with Crippen molar-refractivity contribution < 1.29 is 74.2 Å². The molecule has 7 heteroatoms. The number of rotatable bonds is 10. The van der Waals surface area contributed by atoms with Crippen LogP contribution >= 0.6 is 0 Å². The second-order valence-electron chi connectivity index (χ2n) is 6.34. The molecule has 142 valence electrons. The smallest absolute Gasteiger partial charge is 0.872 e. The molecule has 1 N–H and O–H groups in total. The van der Waals surface area contributed by atoms with Crippen LogP contribution < -0.4 is 61.2 Å². The van der Waals surface area contributed by atoms with Gasteiger partial charge in [-0.25, -0.2) is 0 Å². The Balaban J connectivity index is 0.00000364. The van der Waals surface area contributed by atoms with Crippen LogP contribution in [-0.4, -0.2) is 13.0 Å². The molecular formula is C20H25KO5S. The van der Waals surface area contributed by atoms with Gasteiger partial charge in [0.05, 0.1) is 4.90 Å². The van der Waals surface area contributed by atoms with E-state index in [1.807, 2.05) is 0 Å². The van der Waals surface area contributed by atoms with E-state index in [2.05, 4.69) is 6.92 Å². The van der Waals surface area contributed by atoms with Crippen molar-refractivity contribution >= 4 is 10.1 Å². The third-order valence-corrected chi connectivity index (χ3v) is 5.06. The number of hydrogen-bond acceptors (Lipinski definition) is 4. The normalized spacial score (nSPS) is 11.0. The van der Waals surface area contributed by atoms with E-state index in [1.165, 1.54) is 56.0 Å². The average molecular weight is 417 g/mol. The van der Waals surface area contributed by atoms with Gasteiger partial charge in [0, 0.05) is 0 Å². The number of benzene rings is 2. The summed E-state index contributed by atoms with van der Waals surface area (Å²) in [5.74, 6) is 0.743. The van der Waals surface area contributed by atoms with Crippen molar-refractivity contribution in [2.24, 2.45) is 0 Å². The Kier molecular flexibility index (Phi) is 11.1. The molecule has 0 saturated carbocycles. The molecule has 0 unspecified atom stereocenters. The second-order valence-corrected chi connectivity index (χ2v) is 7.76. The molecule has 0 aliphatic rings. The molecule has 0 spiro atoms.